The Hall–Kier alpha value is -1.46. The van der Waals surface area contributed by atoms with Gasteiger partial charge in [0.1, 0.15) is 4.90 Å². The van der Waals surface area contributed by atoms with Gasteiger partial charge >= 0.3 is 0 Å². The Morgan fingerprint density at radius 2 is 2.00 bits per heavy atom. The summed E-state index contributed by atoms with van der Waals surface area (Å²) in [5.74, 6) is 0. The fraction of sp³-hybridized carbons (Fsp3) is 0.308. The van der Waals surface area contributed by atoms with Gasteiger partial charge in [0.15, 0.2) is 0 Å². The first kappa shape index (κ1) is 11.6. The average molecular weight is 262 g/mol. The second-order valence-corrected chi connectivity index (χ2v) is 6.44. The van der Waals surface area contributed by atoms with Crippen LogP contribution in [0.15, 0.2) is 35.4 Å². The van der Waals surface area contributed by atoms with Gasteiger partial charge in [-0.05, 0) is 31.0 Å². The summed E-state index contributed by atoms with van der Waals surface area (Å²) in [6.07, 6.45) is 2.58. The van der Waals surface area contributed by atoms with Crippen LogP contribution in [0.25, 0.3) is 10.9 Å². The number of hydrogen-bond donors (Lipinski definition) is 0. The second-order valence-electron chi connectivity index (χ2n) is 4.54. The fourth-order valence-electron chi connectivity index (χ4n) is 2.16. The molecule has 94 valence electrons. The Balaban J connectivity index is 2.27. The highest BCUT2D eigenvalue weighted by Gasteiger charge is 2.31. The molecular weight excluding hydrogens is 248 g/mol. The van der Waals surface area contributed by atoms with Gasteiger partial charge in [0, 0.05) is 24.7 Å². The second kappa shape index (κ2) is 4.03. The molecule has 2 heterocycles. The van der Waals surface area contributed by atoms with Gasteiger partial charge in [-0.25, -0.2) is 8.42 Å². The Bertz CT molecular complexity index is 706. The Kier molecular flexibility index (Phi) is 2.60. The lowest BCUT2D eigenvalue weighted by Crippen LogP contribution is -2.42. The van der Waals surface area contributed by atoms with Crippen molar-refractivity contribution in [3.63, 3.8) is 0 Å². The molecule has 3 rings (SSSR count). The molecule has 1 aliphatic rings. The summed E-state index contributed by atoms with van der Waals surface area (Å²) >= 11 is 0. The van der Waals surface area contributed by atoms with Crippen molar-refractivity contribution in [1.29, 1.82) is 0 Å². The maximum Gasteiger partial charge on any atom is 0.245 e. The van der Waals surface area contributed by atoms with Crippen molar-refractivity contribution in [3.8, 4) is 0 Å². The van der Waals surface area contributed by atoms with Crippen LogP contribution in [0.4, 0.5) is 0 Å². The van der Waals surface area contributed by atoms with E-state index in [1.165, 1.54) is 4.31 Å². The maximum atomic E-state index is 12.4. The van der Waals surface area contributed by atoms with E-state index in [0.29, 0.717) is 23.5 Å². The zero-order chi connectivity index (χ0) is 12.8. The minimum absolute atomic E-state index is 0.323. The Morgan fingerprint density at radius 1 is 1.22 bits per heavy atom. The van der Waals surface area contributed by atoms with Crippen molar-refractivity contribution in [2.75, 3.05) is 13.1 Å². The predicted molar refractivity (Wildman–Crippen MR) is 69.9 cm³/mol. The number of pyridine rings is 1. The van der Waals surface area contributed by atoms with Crippen molar-refractivity contribution in [3.05, 3.63) is 36.0 Å². The number of sulfonamides is 1. The van der Waals surface area contributed by atoms with Crippen LogP contribution in [0.2, 0.25) is 0 Å². The van der Waals surface area contributed by atoms with E-state index >= 15 is 0 Å². The zero-order valence-electron chi connectivity index (χ0n) is 10.1. The van der Waals surface area contributed by atoms with Gasteiger partial charge in [-0.1, -0.05) is 12.1 Å². The molecule has 0 radical (unpaired) electrons. The summed E-state index contributed by atoms with van der Waals surface area (Å²) in [7, 11) is -3.37. The molecule has 0 aliphatic carbocycles. The lowest BCUT2D eigenvalue weighted by atomic mass is 10.1. The van der Waals surface area contributed by atoms with E-state index in [-0.39, 0.29) is 0 Å². The largest absolute Gasteiger partial charge is 0.255 e. The monoisotopic (exact) mass is 262 g/mol. The SMILES string of the molecule is Cc1ccc(S(=O)(=O)N2CCC2)c2ncccc12. The van der Waals surface area contributed by atoms with Gasteiger partial charge in [0.05, 0.1) is 5.52 Å². The molecule has 1 fully saturated rings. The molecule has 0 spiro atoms. The number of benzene rings is 1. The molecule has 4 nitrogen and oxygen atoms in total. The minimum Gasteiger partial charge on any atom is -0.255 e. The Morgan fingerprint density at radius 3 is 2.67 bits per heavy atom. The van der Waals surface area contributed by atoms with Gasteiger partial charge in [-0.15, -0.1) is 0 Å². The van der Waals surface area contributed by atoms with Crippen molar-refractivity contribution in [2.24, 2.45) is 0 Å². The molecule has 0 bridgehead atoms. The number of rotatable bonds is 2. The van der Waals surface area contributed by atoms with Crippen molar-refractivity contribution < 1.29 is 8.42 Å². The third-order valence-electron chi connectivity index (χ3n) is 3.38. The number of aryl methyl sites for hydroxylation is 1. The normalized spacial score (nSPS) is 16.7. The molecule has 2 aromatic rings. The minimum atomic E-state index is -3.37. The van der Waals surface area contributed by atoms with Crippen LogP contribution in [-0.2, 0) is 10.0 Å². The van der Waals surface area contributed by atoms with Crippen molar-refractivity contribution in [2.45, 2.75) is 18.2 Å². The standard InChI is InChI=1S/C13H14N2O2S/c1-10-5-6-12(13-11(10)4-2-7-14-13)18(16,17)15-8-3-9-15/h2,4-7H,3,8-9H2,1H3. The van der Waals surface area contributed by atoms with E-state index in [4.69, 9.17) is 0 Å². The highest BCUT2D eigenvalue weighted by atomic mass is 32.2. The highest BCUT2D eigenvalue weighted by Crippen LogP contribution is 2.28. The first-order chi connectivity index (χ1) is 8.60. The first-order valence-electron chi connectivity index (χ1n) is 5.95. The number of fused-ring (bicyclic) bond motifs is 1. The van der Waals surface area contributed by atoms with E-state index in [9.17, 15) is 8.42 Å². The molecule has 0 amide bonds. The zero-order valence-corrected chi connectivity index (χ0v) is 10.9. The number of aromatic nitrogens is 1. The molecule has 1 aromatic carbocycles. The molecule has 1 aliphatic heterocycles. The lowest BCUT2D eigenvalue weighted by Gasteiger charge is -2.30. The fourth-order valence-corrected chi connectivity index (χ4v) is 3.83. The summed E-state index contributed by atoms with van der Waals surface area (Å²) in [6.45, 7) is 3.19. The van der Waals surface area contributed by atoms with Crippen molar-refractivity contribution in [1.82, 2.24) is 9.29 Å². The van der Waals surface area contributed by atoms with Gasteiger partial charge in [-0.2, -0.15) is 4.31 Å². The summed E-state index contributed by atoms with van der Waals surface area (Å²) in [6, 6.07) is 7.25. The number of nitrogens with zero attached hydrogens (tertiary/aromatic N) is 2. The smallest absolute Gasteiger partial charge is 0.245 e. The Labute approximate surface area is 106 Å². The van der Waals surface area contributed by atoms with Crippen LogP contribution < -0.4 is 0 Å². The van der Waals surface area contributed by atoms with Crippen LogP contribution in [-0.4, -0.2) is 30.8 Å². The average Bonchev–Trinajstić information content (AvgIpc) is 2.26. The van der Waals surface area contributed by atoms with E-state index in [2.05, 4.69) is 4.98 Å². The number of hydrogen-bond acceptors (Lipinski definition) is 3. The van der Waals surface area contributed by atoms with E-state index < -0.39 is 10.0 Å². The topological polar surface area (TPSA) is 50.3 Å². The van der Waals surface area contributed by atoms with E-state index in [0.717, 1.165) is 17.4 Å². The summed E-state index contributed by atoms with van der Waals surface area (Å²) in [5.41, 5.74) is 1.62. The van der Waals surface area contributed by atoms with Crippen molar-refractivity contribution >= 4 is 20.9 Å². The molecule has 0 saturated carbocycles. The molecule has 18 heavy (non-hydrogen) atoms. The van der Waals surface area contributed by atoms with E-state index in [1.54, 1.807) is 12.3 Å². The molecule has 0 atom stereocenters. The summed E-state index contributed by atoms with van der Waals surface area (Å²) in [4.78, 5) is 4.57. The van der Waals surface area contributed by atoms with Gasteiger partial charge in [0.25, 0.3) is 0 Å². The van der Waals surface area contributed by atoms with Gasteiger partial charge in [-0.3, -0.25) is 4.98 Å². The molecular formula is C13H14N2O2S. The predicted octanol–water partition coefficient (Wildman–Crippen LogP) is 1.94. The van der Waals surface area contributed by atoms with E-state index in [1.807, 2.05) is 25.1 Å². The molecule has 1 saturated heterocycles. The third-order valence-corrected chi connectivity index (χ3v) is 5.31. The lowest BCUT2D eigenvalue weighted by molar-refractivity contribution is 0.309. The highest BCUT2D eigenvalue weighted by molar-refractivity contribution is 7.89. The van der Waals surface area contributed by atoms with Gasteiger partial charge < -0.3 is 0 Å². The summed E-state index contributed by atoms with van der Waals surface area (Å²) < 4.78 is 26.4. The molecule has 5 heteroatoms. The first-order valence-corrected chi connectivity index (χ1v) is 7.39. The molecule has 0 unspecified atom stereocenters. The molecule has 1 aromatic heterocycles. The van der Waals surface area contributed by atoms with Crippen LogP contribution in [0.5, 0.6) is 0 Å². The molecule has 0 N–H and O–H groups in total. The van der Waals surface area contributed by atoms with Crippen LogP contribution in [0.1, 0.15) is 12.0 Å². The third kappa shape index (κ3) is 1.62. The van der Waals surface area contributed by atoms with Crippen LogP contribution in [0, 0.1) is 6.92 Å². The summed E-state index contributed by atoms with van der Waals surface area (Å²) in [5, 5.41) is 0.902. The van der Waals surface area contributed by atoms with Crippen LogP contribution in [0.3, 0.4) is 0 Å². The quantitative estimate of drug-likeness (QED) is 0.831. The maximum absolute atomic E-state index is 12.4. The van der Waals surface area contributed by atoms with Gasteiger partial charge in [0.2, 0.25) is 10.0 Å². The van der Waals surface area contributed by atoms with Crippen LogP contribution >= 0.6 is 0 Å².